The molecule has 34 heavy (non-hydrogen) atoms. The summed E-state index contributed by atoms with van der Waals surface area (Å²) in [7, 11) is 0. The highest BCUT2D eigenvalue weighted by Crippen LogP contribution is 2.31. The van der Waals surface area contributed by atoms with Crippen LogP contribution in [0.25, 0.3) is 6.08 Å². The van der Waals surface area contributed by atoms with Gasteiger partial charge < -0.3 is 9.84 Å². The zero-order valence-electron chi connectivity index (χ0n) is 18.0. The number of aromatic nitrogens is 1. The van der Waals surface area contributed by atoms with Gasteiger partial charge in [-0.05, 0) is 43.7 Å². The third-order valence-corrected chi connectivity index (χ3v) is 6.45. The summed E-state index contributed by atoms with van der Waals surface area (Å²) in [5, 5.41) is 21.8. The fourth-order valence-corrected chi connectivity index (χ4v) is 4.83. The standard InChI is InChI=1S/C23H18ClN3O6S/c1-3-33-22(30)19-12(2)25-23-26(20(19)13-4-6-15(24)7-5-13)21(29)18(34-23)11-14-10-16(27(31)32)8-9-17(14)28/h4-11,20,28H,3H2,1-2H3/b18-11-/t20-/m1/s1. The minimum absolute atomic E-state index is 0.115. The van der Waals surface area contributed by atoms with Crippen molar-refractivity contribution in [1.29, 1.82) is 0 Å². The van der Waals surface area contributed by atoms with Crippen molar-refractivity contribution in [3.05, 3.63) is 99.7 Å². The largest absolute Gasteiger partial charge is 0.507 e. The van der Waals surface area contributed by atoms with Crippen LogP contribution in [0.3, 0.4) is 0 Å². The maximum Gasteiger partial charge on any atom is 0.338 e. The summed E-state index contributed by atoms with van der Waals surface area (Å²) in [5.41, 5.74) is 0.683. The Morgan fingerprint density at radius 3 is 2.68 bits per heavy atom. The molecule has 0 spiro atoms. The normalized spacial score (nSPS) is 15.6. The summed E-state index contributed by atoms with van der Waals surface area (Å²) in [6, 6.07) is 9.48. The van der Waals surface area contributed by atoms with E-state index in [4.69, 9.17) is 16.3 Å². The van der Waals surface area contributed by atoms with Crippen LogP contribution in [-0.2, 0) is 9.53 Å². The molecule has 9 nitrogen and oxygen atoms in total. The highest BCUT2D eigenvalue weighted by atomic mass is 35.5. The number of non-ortho nitro benzene ring substituents is 1. The van der Waals surface area contributed by atoms with Crippen LogP contribution in [0.4, 0.5) is 5.69 Å². The number of carbonyl (C=O) groups excluding carboxylic acids is 1. The van der Waals surface area contributed by atoms with E-state index in [1.807, 2.05) is 0 Å². The SMILES string of the molecule is CCOC(=O)C1=C(C)N=c2s/c(=C\c3cc([N+](=O)[O-])ccc3O)c(=O)n2[C@@H]1c1ccc(Cl)cc1. The molecule has 0 bridgehead atoms. The van der Waals surface area contributed by atoms with Gasteiger partial charge in [-0.2, -0.15) is 0 Å². The van der Waals surface area contributed by atoms with Crippen molar-refractivity contribution < 1.29 is 19.6 Å². The first-order valence-corrected chi connectivity index (χ1v) is 11.3. The fraction of sp³-hybridized carbons (Fsp3) is 0.174. The van der Waals surface area contributed by atoms with E-state index >= 15 is 0 Å². The van der Waals surface area contributed by atoms with E-state index in [-0.39, 0.29) is 33.7 Å². The van der Waals surface area contributed by atoms with Crippen molar-refractivity contribution in [3.63, 3.8) is 0 Å². The van der Waals surface area contributed by atoms with Crippen molar-refractivity contribution in [3.8, 4) is 5.75 Å². The molecule has 1 aromatic heterocycles. The van der Waals surface area contributed by atoms with Gasteiger partial charge in [0, 0.05) is 22.7 Å². The molecule has 11 heteroatoms. The van der Waals surface area contributed by atoms with Gasteiger partial charge >= 0.3 is 5.97 Å². The molecule has 3 aromatic rings. The van der Waals surface area contributed by atoms with Gasteiger partial charge in [-0.3, -0.25) is 19.5 Å². The van der Waals surface area contributed by atoms with Gasteiger partial charge in [-0.25, -0.2) is 9.79 Å². The first-order valence-electron chi connectivity index (χ1n) is 10.1. The van der Waals surface area contributed by atoms with E-state index in [1.54, 1.807) is 38.1 Å². The van der Waals surface area contributed by atoms with Crippen molar-refractivity contribution >= 4 is 40.7 Å². The Labute approximate surface area is 201 Å². The zero-order valence-corrected chi connectivity index (χ0v) is 19.6. The summed E-state index contributed by atoms with van der Waals surface area (Å²) in [4.78, 5) is 41.7. The Balaban J connectivity index is 1.96. The molecule has 0 saturated carbocycles. The predicted molar refractivity (Wildman–Crippen MR) is 127 cm³/mol. The molecule has 0 radical (unpaired) electrons. The highest BCUT2D eigenvalue weighted by molar-refractivity contribution is 7.07. The average molecular weight is 500 g/mol. The van der Waals surface area contributed by atoms with Crippen molar-refractivity contribution in [2.45, 2.75) is 19.9 Å². The molecule has 0 saturated heterocycles. The summed E-state index contributed by atoms with van der Waals surface area (Å²) in [6.45, 7) is 3.50. The maximum atomic E-state index is 13.5. The number of carbonyl (C=O) groups is 1. The van der Waals surface area contributed by atoms with Crippen LogP contribution in [0.2, 0.25) is 5.02 Å². The van der Waals surface area contributed by atoms with Crippen molar-refractivity contribution in [2.24, 2.45) is 4.99 Å². The molecule has 2 aromatic carbocycles. The molecule has 1 aliphatic heterocycles. The molecular weight excluding hydrogens is 482 g/mol. The molecule has 0 unspecified atom stereocenters. The molecule has 0 aliphatic carbocycles. The number of ether oxygens (including phenoxy) is 1. The quantitative estimate of drug-likeness (QED) is 0.327. The summed E-state index contributed by atoms with van der Waals surface area (Å²) < 4.78 is 6.81. The van der Waals surface area contributed by atoms with Gasteiger partial charge in [0.25, 0.3) is 11.2 Å². The number of phenolic OH excluding ortho intramolecular Hbond substituents is 1. The number of hydrogen-bond acceptors (Lipinski definition) is 8. The molecule has 1 N–H and O–H groups in total. The Kier molecular flexibility index (Phi) is 6.36. The number of phenols is 1. The first-order chi connectivity index (χ1) is 16.2. The Morgan fingerprint density at radius 2 is 2.03 bits per heavy atom. The highest BCUT2D eigenvalue weighted by Gasteiger charge is 2.33. The minimum atomic E-state index is -0.812. The Bertz CT molecular complexity index is 1520. The Hall–Kier alpha value is -3.76. The van der Waals surface area contributed by atoms with Crippen LogP contribution in [-0.4, -0.2) is 27.2 Å². The molecule has 0 amide bonds. The number of nitro groups is 1. The van der Waals surface area contributed by atoms with Crippen LogP contribution in [0, 0.1) is 10.1 Å². The second-order valence-electron chi connectivity index (χ2n) is 7.35. The number of allylic oxidation sites excluding steroid dienone is 1. The lowest BCUT2D eigenvalue weighted by Gasteiger charge is -2.24. The summed E-state index contributed by atoms with van der Waals surface area (Å²) in [5.74, 6) is -0.802. The molecule has 4 rings (SSSR count). The van der Waals surface area contributed by atoms with Gasteiger partial charge in [-0.1, -0.05) is 35.1 Å². The lowest BCUT2D eigenvalue weighted by atomic mass is 9.96. The maximum absolute atomic E-state index is 13.5. The Morgan fingerprint density at radius 1 is 1.32 bits per heavy atom. The van der Waals surface area contributed by atoms with E-state index < -0.39 is 22.5 Å². The molecule has 0 fully saturated rings. The van der Waals surface area contributed by atoms with Crippen LogP contribution < -0.4 is 14.9 Å². The minimum Gasteiger partial charge on any atom is -0.507 e. The van der Waals surface area contributed by atoms with Crippen LogP contribution in [0.1, 0.15) is 31.0 Å². The molecular formula is C23H18ClN3O6S. The van der Waals surface area contributed by atoms with Gasteiger partial charge in [0.2, 0.25) is 0 Å². The van der Waals surface area contributed by atoms with E-state index in [0.717, 1.165) is 11.3 Å². The van der Waals surface area contributed by atoms with E-state index in [1.165, 1.54) is 28.8 Å². The first kappa shape index (κ1) is 23.4. The zero-order chi connectivity index (χ0) is 24.6. The molecule has 174 valence electrons. The predicted octanol–water partition coefficient (Wildman–Crippen LogP) is 3.07. The van der Waals surface area contributed by atoms with Gasteiger partial charge in [0.1, 0.15) is 5.75 Å². The summed E-state index contributed by atoms with van der Waals surface area (Å²) >= 11 is 7.09. The van der Waals surface area contributed by atoms with E-state index in [9.17, 15) is 24.8 Å². The smallest absolute Gasteiger partial charge is 0.338 e. The third kappa shape index (κ3) is 4.25. The number of nitrogens with zero attached hydrogens (tertiary/aromatic N) is 3. The number of aromatic hydroxyl groups is 1. The number of nitro benzene ring substituents is 1. The lowest BCUT2D eigenvalue weighted by Crippen LogP contribution is -2.39. The van der Waals surface area contributed by atoms with E-state index in [2.05, 4.69) is 4.99 Å². The lowest BCUT2D eigenvalue weighted by molar-refractivity contribution is -0.384. The van der Waals surface area contributed by atoms with Gasteiger partial charge in [0.05, 0.1) is 33.4 Å². The second kappa shape index (κ2) is 9.24. The summed E-state index contributed by atoms with van der Waals surface area (Å²) in [6.07, 6.45) is 1.37. The van der Waals surface area contributed by atoms with Crippen LogP contribution >= 0.6 is 22.9 Å². The van der Waals surface area contributed by atoms with E-state index in [0.29, 0.717) is 21.1 Å². The number of fused-ring (bicyclic) bond motifs is 1. The average Bonchev–Trinajstić information content (AvgIpc) is 3.09. The monoisotopic (exact) mass is 499 g/mol. The fourth-order valence-electron chi connectivity index (χ4n) is 3.66. The number of halogens is 1. The molecule has 2 heterocycles. The number of thiazole rings is 1. The van der Waals surface area contributed by atoms with Crippen molar-refractivity contribution in [2.75, 3.05) is 6.61 Å². The number of hydrogen-bond donors (Lipinski definition) is 1. The molecule has 1 aliphatic rings. The molecule has 1 atom stereocenters. The van der Waals surface area contributed by atoms with Crippen LogP contribution in [0.5, 0.6) is 5.75 Å². The third-order valence-electron chi connectivity index (χ3n) is 5.21. The van der Waals surface area contributed by atoms with Gasteiger partial charge in [0.15, 0.2) is 4.80 Å². The number of benzene rings is 2. The second-order valence-corrected chi connectivity index (χ2v) is 8.80. The van der Waals surface area contributed by atoms with Gasteiger partial charge in [-0.15, -0.1) is 0 Å². The van der Waals surface area contributed by atoms with Crippen LogP contribution in [0.15, 0.2) is 63.5 Å². The topological polar surface area (TPSA) is 124 Å². The number of rotatable bonds is 5. The number of esters is 1. The van der Waals surface area contributed by atoms with Crippen molar-refractivity contribution in [1.82, 2.24) is 4.57 Å².